The van der Waals surface area contributed by atoms with Crippen molar-refractivity contribution in [1.29, 1.82) is 0 Å². The third-order valence-electron chi connectivity index (χ3n) is 4.80. The number of carbonyl (C=O) groups is 2. The Morgan fingerprint density at radius 3 is 2.43 bits per heavy atom. The van der Waals surface area contributed by atoms with Crippen LogP contribution in [0.2, 0.25) is 0 Å². The average molecular weight is 410 g/mol. The third kappa shape index (κ3) is 5.76. The highest BCUT2D eigenvalue weighted by atomic mass is 16.5. The Morgan fingerprint density at radius 2 is 1.77 bits per heavy atom. The molecular formula is C23H26N2O5. The second kappa shape index (κ2) is 10.3. The summed E-state index contributed by atoms with van der Waals surface area (Å²) in [7, 11) is 3.10. The van der Waals surface area contributed by atoms with Gasteiger partial charge in [0.05, 0.1) is 14.2 Å². The number of rotatable bonds is 8. The number of methoxy groups -OCH3 is 2. The molecule has 30 heavy (non-hydrogen) atoms. The number of esters is 1. The van der Waals surface area contributed by atoms with E-state index in [0.717, 1.165) is 18.8 Å². The van der Waals surface area contributed by atoms with E-state index in [9.17, 15) is 9.59 Å². The number of nitrogens with one attached hydrogen (secondary N) is 1. The van der Waals surface area contributed by atoms with Gasteiger partial charge in [0.25, 0.3) is 5.91 Å². The molecule has 0 aliphatic carbocycles. The summed E-state index contributed by atoms with van der Waals surface area (Å²) in [5.74, 6) is 0.206. The van der Waals surface area contributed by atoms with Gasteiger partial charge in [-0.2, -0.15) is 0 Å². The quantitative estimate of drug-likeness (QED) is 0.530. The Balaban J connectivity index is 1.48. The van der Waals surface area contributed by atoms with Gasteiger partial charge in [-0.3, -0.25) is 4.79 Å². The largest absolute Gasteiger partial charge is 0.497 e. The maximum atomic E-state index is 12.1. The summed E-state index contributed by atoms with van der Waals surface area (Å²) < 4.78 is 15.4. The molecule has 1 aliphatic rings. The first-order valence-corrected chi connectivity index (χ1v) is 9.81. The molecule has 1 heterocycles. The van der Waals surface area contributed by atoms with E-state index in [1.807, 2.05) is 24.3 Å². The van der Waals surface area contributed by atoms with Crippen molar-refractivity contribution in [2.24, 2.45) is 0 Å². The van der Waals surface area contributed by atoms with Crippen LogP contribution in [0.15, 0.2) is 48.5 Å². The zero-order valence-electron chi connectivity index (χ0n) is 17.2. The Labute approximate surface area is 176 Å². The van der Waals surface area contributed by atoms with E-state index in [0.29, 0.717) is 22.7 Å². The van der Waals surface area contributed by atoms with Crippen molar-refractivity contribution in [2.75, 3.05) is 44.1 Å². The van der Waals surface area contributed by atoms with Gasteiger partial charge in [0.2, 0.25) is 0 Å². The standard InChI is InChI=1S/C23H26N2O5/c1-28-20-10-11-21(29-2)17(15-20)5-12-23(27)30-16-22(26)24-18-6-8-19(9-7-18)25-13-3-4-14-25/h5-12,15H,3-4,13-14,16H2,1-2H3,(H,24,26)/b12-5+. The fourth-order valence-corrected chi connectivity index (χ4v) is 3.24. The molecule has 0 radical (unpaired) electrons. The number of carbonyl (C=O) groups excluding carboxylic acids is 2. The lowest BCUT2D eigenvalue weighted by molar-refractivity contribution is -0.142. The second-order valence-corrected chi connectivity index (χ2v) is 6.84. The second-order valence-electron chi connectivity index (χ2n) is 6.84. The van der Waals surface area contributed by atoms with Gasteiger partial charge < -0.3 is 24.4 Å². The number of hydrogen-bond acceptors (Lipinski definition) is 6. The van der Waals surface area contributed by atoms with Crippen LogP contribution in [-0.2, 0) is 14.3 Å². The van der Waals surface area contributed by atoms with Crippen LogP contribution >= 0.6 is 0 Å². The van der Waals surface area contributed by atoms with E-state index in [2.05, 4.69) is 10.2 Å². The minimum Gasteiger partial charge on any atom is -0.497 e. The monoisotopic (exact) mass is 410 g/mol. The van der Waals surface area contributed by atoms with Crippen LogP contribution < -0.4 is 19.7 Å². The average Bonchev–Trinajstić information content (AvgIpc) is 3.31. The summed E-state index contributed by atoms with van der Waals surface area (Å²) >= 11 is 0. The highest BCUT2D eigenvalue weighted by molar-refractivity contribution is 5.94. The molecule has 0 spiro atoms. The van der Waals surface area contributed by atoms with Gasteiger partial charge in [0.15, 0.2) is 6.61 Å². The summed E-state index contributed by atoms with van der Waals surface area (Å²) in [4.78, 5) is 26.3. The van der Waals surface area contributed by atoms with E-state index in [4.69, 9.17) is 14.2 Å². The lowest BCUT2D eigenvalue weighted by Gasteiger charge is -2.17. The lowest BCUT2D eigenvalue weighted by Crippen LogP contribution is -2.20. The highest BCUT2D eigenvalue weighted by Crippen LogP contribution is 2.25. The molecule has 7 heteroatoms. The Morgan fingerprint density at radius 1 is 1.03 bits per heavy atom. The van der Waals surface area contributed by atoms with Crippen molar-refractivity contribution in [3.8, 4) is 11.5 Å². The van der Waals surface area contributed by atoms with Gasteiger partial charge >= 0.3 is 5.97 Å². The summed E-state index contributed by atoms with van der Waals surface area (Å²) in [6.45, 7) is 1.76. The Bertz CT molecular complexity index is 902. The highest BCUT2D eigenvalue weighted by Gasteiger charge is 2.12. The van der Waals surface area contributed by atoms with Crippen molar-refractivity contribution >= 4 is 29.3 Å². The van der Waals surface area contributed by atoms with Crippen LogP contribution in [0.5, 0.6) is 11.5 Å². The molecule has 7 nitrogen and oxygen atoms in total. The predicted octanol–water partition coefficient (Wildman–Crippen LogP) is 3.50. The first-order chi connectivity index (χ1) is 14.6. The third-order valence-corrected chi connectivity index (χ3v) is 4.80. The SMILES string of the molecule is COc1ccc(OC)c(/C=C/C(=O)OCC(=O)Nc2ccc(N3CCCC3)cc2)c1. The van der Waals surface area contributed by atoms with Crippen molar-refractivity contribution in [3.63, 3.8) is 0 Å². The molecule has 1 fully saturated rings. The van der Waals surface area contributed by atoms with Gasteiger partial charge in [-0.15, -0.1) is 0 Å². The molecule has 158 valence electrons. The normalized spacial score (nSPS) is 13.3. The summed E-state index contributed by atoms with van der Waals surface area (Å²) in [6, 6.07) is 12.9. The minimum atomic E-state index is -0.626. The molecule has 0 unspecified atom stereocenters. The van der Waals surface area contributed by atoms with E-state index < -0.39 is 11.9 Å². The van der Waals surface area contributed by atoms with E-state index in [1.165, 1.54) is 18.9 Å². The molecule has 0 bridgehead atoms. The lowest BCUT2D eigenvalue weighted by atomic mass is 10.1. The summed E-state index contributed by atoms with van der Waals surface area (Å²) in [6.07, 6.45) is 5.22. The van der Waals surface area contributed by atoms with Gasteiger partial charge in [-0.25, -0.2) is 4.79 Å². The molecule has 2 aromatic carbocycles. The Kier molecular flexibility index (Phi) is 7.32. The summed E-state index contributed by atoms with van der Waals surface area (Å²) in [5, 5.41) is 2.73. The topological polar surface area (TPSA) is 77.1 Å². The van der Waals surface area contributed by atoms with E-state index >= 15 is 0 Å². The van der Waals surface area contributed by atoms with Crippen molar-refractivity contribution in [3.05, 3.63) is 54.1 Å². The molecule has 3 rings (SSSR count). The molecule has 1 saturated heterocycles. The van der Waals surface area contributed by atoms with Gasteiger partial charge in [-0.1, -0.05) is 0 Å². The van der Waals surface area contributed by atoms with Crippen LogP contribution in [0.3, 0.4) is 0 Å². The number of anilines is 2. The fraction of sp³-hybridized carbons (Fsp3) is 0.304. The van der Waals surface area contributed by atoms with Crippen molar-refractivity contribution < 1.29 is 23.8 Å². The van der Waals surface area contributed by atoms with Crippen LogP contribution in [0.1, 0.15) is 18.4 Å². The first kappa shape index (κ1) is 21.2. The maximum Gasteiger partial charge on any atom is 0.331 e. The minimum absolute atomic E-state index is 0.369. The first-order valence-electron chi connectivity index (χ1n) is 9.81. The van der Waals surface area contributed by atoms with E-state index in [-0.39, 0.29) is 6.61 Å². The van der Waals surface area contributed by atoms with Crippen LogP contribution in [-0.4, -0.2) is 45.8 Å². The smallest absolute Gasteiger partial charge is 0.331 e. The number of benzene rings is 2. The van der Waals surface area contributed by atoms with Gasteiger partial charge in [0, 0.05) is 36.1 Å². The molecule has 0 saturated carbocycles. The zero-order valence-corrected chi connectivity index (χ0v) is 17.2. The summed E-state index contributed by atoms with van der Waals surface area (Å²) in [5.41, 5.74) is 2.47. The molecule has 1 amide bonds. The molecule has 0 aromatic heterocycles. The maximum absolute atomic E-state index is 12.1. The Hall–Kier alpha value is -3.48. The number of nitrogens with zero attached hydrogens (tertiary/aromatic N) is 1. The molecule has 2 aromatic rings. The van der Waals surface area contributed by atoms with E-state index in [1.54, 1.807) is 38.5 Å². The fourth-order valence-electron chi connectivity index (χ4n) is 3.24. The van der Waals surface area contributed by atoms with Crippen molar-refractivity contribution in [1.82, 2.24) is 0 Å². The number of amides is 1. The number of ether oxygens (including phenoxy) is 3. The molecule has 1 aliphatic heterocycles. The van der Waals surface area contributed by atoms with Crippen LogP contribution in [0.25, 0.3) is 6.08 Å². The molecular weight excluding hydrogens is 384 g/mol. The van der Waals surface area contributed by atoms with Crippen LogP contribution in [0, 0.1) is 0 Å². The predicted molar refractivity (Wildman–Crippen MR) is 116 cm³/mol. The zero-order chi connectivity index (χ0) is 21.3. The van der Waals surface area contributed by atoms with Gasteiger partial charge in [0.1, 0.15) is 11.5 Å². The van der Waals surface area contributed by atoms with Crippen molar-refractivity contribution in [2.45, 2.75) is 12.8 Å². The van der Waals surface area contributed by atoms with Gasteiger partial charge in [-0.05, 0) is 61.4 Å². The molecule has 0 atom stereocenters. The van der Waals surface area contributed by atoms with Crippen LogP contribution in [0.4, 0.5) is 11.4 Å². The molecule has 1 N–H and O–H groups in total. The number of hydrogen-bond donors (Lipinski definition) is 1.